The Kier molecular flexibility index (Phi) is 7.56. The Balaban J connectivity index is 1.63. The quantitative estimate of drug-likeness (QED) is 0.646. The number of aliphatic hydroxyl groups is 1. The van der Waals surface area contributed by atoms with Gasteiger partial charge in [-0.1, -0.05) is 43.5 Å². The van der Waals surface area contributed by atoms with Crippen LogP contribution in [0.5, 0.6) is 0 Å². The predicted molar refractivity (Wildman–Crippen MR) is 93.0 cm³/mol. The molecule has 0 heterocycles. The van der Waals surface area contributed by atoms with Crippen LogP contribution in [-0.4, -0.2) is 24.1 Å². The molecule has 4 heteroatoms. The summed E-state index contributed by atoms with van der Waals surface area (Å²) in [4.78, 5) is 11.9. The van der Waals surface area contributed by atoms with Crippen LogP contribution in [0.1, 0.15) is 62.6 Å². The van der Waals surface area contributed by atoms with E-state index < -0.39 is 0 Å². The Morgan fingerprint density at radius 2 is 2.04 bits per heavy atom. The van der Waals surface area contributed by atoms with Crippen LogP contribution < -0.4 is 10.6 Å². The second-order valence-electron chi connectivity index (χ2n) is 6.64. The van der Waals surface area contributed by atoms with Gasteiger partial charge in [0.2, 0.25) is 5.91 Å². The van der Waals surface area contributed by atoms with E-state index in [1.54, 1.807) is 0 Å². The zero-order valence-corrected chi connectivity index (χ0v) is 14.2. The molecule has 0 aliphatic heterocycles. The zero-order valence-electron chi connectivity index (χ0n) is 14.2. The summed E-state index contributed by atoms with van der Waals surface area (Å²) in [5.74, 6) is 0.783. The monoisotopic (exact) mass is 318 g/mol. The SMILES string of the molecule is CC(NCCNC(=O)CC1CCCCC1)c1cccc(CO)c1. The van der Waals surface area contributed by atoms with E-state index in [-0.39, 0.29) is 18.6 Å². The van der Waals surface area contributed by atoms with Gasteiger partial charge in [0.15, 0.2) is 0 Å². The fourth-order valence-electron chi connectivity index (χ4n) is 3.29. The van der Waals surface area contributed by atoms with Gasteiger partial charge in [-0.05, 0) is 36.8 Å². The van der Waals surface area contributed by atoms with Gasteiger partial charge in [-0.25, -0.2) is 0 Å². The summed E-state index contributed by atoms with van der Waals surface area (Å²) in [5, 5.41) is 15.6. The largest absolute Gasteiger partial charge is 0.392 e. The molecule has 1 saturated carbocycles. The molecular weight excluding hydrogens is 288 g/mol. The highest BCUT2D eigenvalue weighted by molar-refractivity contribution is 5.76. The number of carbonyl (C=O) groups is 1. The van der Waals surface area contributed by atoms with E-state index in [2.05, 4.69) is 23.6 Å². The molecule has 0 aromatic heterocycles. The normalized spacial score (nSPS) is 17.0. The summed E-state index contributed by atoms with van der Waals surface area (Å²) in [6, 6.07) is 8.15. The van der Waals surface area contributed by atoms with Crippen LogP contribution in [0.2, 0.25) is 0 Å². The molecule has 1 aliphatic carbocycles. The minimum absolute atomic E-state index is 0.0672. The number of amides is 1. The lowest BCUT2D eigenvalue weighted by atomic mass is 9.87. The van der Waals surface area contributed by atoms with Crippen molar-refractivity contribution in [3.8, 4) is 0 Å². The van der Waals surface area contributed by atoms with Crippen molar-refractivity contribution >= 4 is 5.91 Å². The molecule has 1 aromatic rings. The number of carbonyl (C=O) groups excluding carboxylic acids is 1. The number of benzene rings is 1. The third kappa shape index (κ3) is 6.32. The molecule has 0 radical (unpaired) electrons. The number of rotatable bonds is 8. The molecule has 1 unspecified atom stereocenters. The maximum Gasteiger partial charge on any atom is 0.220 e. The van der Waals surface area contributed by atoms with Gasteiger partial charge in [0.1, 0.15) is 0 Å². The maximum absolute atomic E-state index is 11.9. The van der Waals surface area contributed by atoms with Crippen molar-refractivity contribution in [2.24, 2.45) is 5.92 Å². The minimum atomic E-state index is 0.0672. The van der Waals surface area contributed by atoms with Crippen LogP contribution in [0.3, 0.4) is 0 Å². The van der Waals surface area contributed by atoms with Crippen molar-refractivity contribution in [1.29, 1.82) is 0 Å². The fourth-order valence-corrected chi connectivity index (χ4v) is 3.29. The molecule has 23 heavy (non-hydrogen) atoms. The Labute approximate surface area is 139 Å². The molecule has 3 N–H and O–H groups in total. The molecule has 1 aliphatic rings. The minimum Gasteiger partial charge on any atom is -0.392 e. The lowest BCUT2D eigenvalue weighted by Crippen LogP contribution is -2.34. The van der Waals surface area contributed by atoms with E-state index in [0.29, 0.717) is 18.9 Å². The van der Waals surface area contributed by atoms with E-state index >= 15 is 0 Å². The molecule has 128 valence electrons. The lowest BCUT2D eigenvalue weighted by molar-refractivity contribution is -0.122. The number of nitrogens with one attached hydrogen (secondary N) is 2. The van der Waals surface area contributed by atoms with Gasteiger partial charge >= 0.3 is 0 Å². The first-order chi connectivity index (χ1) is 11.2. The van der Waals surface area contributed by atoms with Gasteiger partial charge in [-0.2, -0.15) is 0 Å². The average Bonchev–Trinajstić information content (AvgIpc) is 2.59. The summed E-state index contributed by atoms with van der Waals surface area (Å²) < 4.78 is 0. The van der Waals surface area contributed by atoms with Crippen LogP contribution >= 0.6 is 0 Å². The molecule has 1 amide bonds. The highest BCUT2D eigenvalue weighted by atomic mass is 16.3. The van der Waals surface area contributed by atoms with Gasteiger partial charge in [0.25, 0.3) is 0 Å². The van der Waals surface area contributed by atoms with Crippen LogP contribution in [-0.2, 0) is 11.4 Å². The molecule has 1 fully saturated rings. The van der Waals surface area contributed by atoms with Crippen molar-refractivity contribution in [2.75, 3.05) is 13.1 Å². The highest BCUT2D eigenvalue weighted by Gasteiger charge is 2.16. The summed E-state index contributed by atoms with van der Waals surface area (Å²) in [5.41, 5.74) is 2.09. The van der Waals surface area contributed by atoms with E-state index in [9.17, 15) is 9.90 Å². The summed E-state index contributed by atoms with van der Waals surface area (Å²) in [6.07, 6.45) is 7.01. The summed E-state index contributed by atoms with van der Waals surface area (Å²) in [6.45, 7) is 3.58. The molecule has 4 nitrogen and oxygen atoms in total. The Morgan fingerprint density at radius 3 is 2.78 bits per heavy atom. The van der Waals surface area contributed by atoms with Gasteiger partial charge < -0.3 is 15.7 Å². The van der Waals surface area contributed by atoms with Crippen LogP contribution in [0.25, 0.3) is 0 Å². The van der Waals surface area contributed by atoms with E-state index in [1.807, 2.05) is 18.2 Å². The number of hydrogen-bond donors (Lipinski definition) is 3. The van der Waals surface area contributed by atoms with E-state index in [1.165, 1.54) is 32.1 Å². The first-order valence-electron chi connectivity index (χ1n) is 8.89. The third-order valence-corrected chi connectivity index (χ3v) is 4.73. The molecule has 0 saturated heterocycles. The van der Waals surface area contributed by atoms with Crippen molar-refractivity contribution in [1.82, 2.24) is 10.6 Å². The van der Waals surface area contributed by atoms with E-state index in [0.717, 1.165) is 17.7 Å². The Morgan fingerprint density at radius 1 is 1.26 bits per heavy atom. The summed E-state index contributed by atoms with van der Waals surface area (Å²) >= 11 is 0. The summed E-state index contributed by atoms with van der Waals surface area (Å²) in [7, 11) is 0. The number of aliphatic hydroxyl groups excluding tert-OH is 1. The smallest absolute Gasteiger partial charge is 0.220 e. The van der Waals surface area contributed by atoms with Crippen molar-refractivity contribution in [3.63, 3.8) is 0 Å². The topological polar surface area (TPSA) is 61.4 Å². The van der Waals surface area contributed by atoms with Crippen LogP contribution in [0.15, 0.2) is 24.3 Å². The molecule has 0 bridgehead atoms. The Hall–Kier alpha value is -1.39. The van der Waals surface area contributed by atoms with Gasteiger partial charge in [-0.3, -0.25) is 4.79 Å². The van der Waals surface area contributed by atoms with Crippen molar-refractivity contribution in [2.45, 2.75) is 58.1 Å². The van der Waals surface area contributed by atoms with Gasteiger partial charge in [0.05, 0.1) is 6.61 Å². The standard InChI is InChI=1S/C19H30N2O2/c1-15(18-9-5-8-17(12-18)14-22)20-10-11-21-19(23)13-16-6-3-2-4-7-16/h5,8-9,12,15-16,20,22H,2-4,6-7,10-11,13-14H2,1H3,(H,21,23). The zero-order chi connectivity index (χ0) is 16.5. The molecule has 0 spiro atoms. The first-order valence-corrected chi connectivity index (χ1v) is 8.89. The third-order valence-electron chi connectivity index (χ3n) is 4.73. The second kappa shape index (κ2) is 9.68. The molecule has 1 atom stereocenters. The fraction of sp³-hybridized carbons (Fsp3) is 0.632. The average molecular weight is 318 g/mol. The lowest BCUT2D eigenvalue weighted by Gasteiger charge is -2.21. The van der Waals surface area contributed by atoms with Gasteiger partial charge in [0, 0.05) is 25.6 Å². The maximum atomic E-state index is 11.9. The molecular formula is C19H30N2O2. The Bertz CT molecular complexity index is 484. The number of hydrogen-bond acceptors (Lipinski definition) is 3. The molecule has 1 aromatic carbocycles. The van der Waals surface area contributed by atoms with Crippen molar-refractivity contribution < 1.29 is 9.90 Å². The molecule has 2 rings (SSSR count). The van der Waals surface area contributed by atoms with E-state index in [4.69, 9.17) is 0 Å². The van der Waals surface area contributed by atoms with Crippen molar-refractivity contribution in [3.05, 3.63) is 35.4 Å². The van der Waals surface area contributed by atoms with Crippen LogP contribution in [0, 0.1) is 5.92 Å². The van der Waals surface area contributed by atoms with Crippen LogP contribution in [0.4, 0.5) is 0 Å². The first kappa shape index (κ1) is 18.0. The predicted octanol–water partition coefficient (Wildman–Crippen LogP) is 2.92. The van der Waals surface area contributed by atoms with Gasteiger partial charge in [-0.15, -0.1) is 0 Å². The highest BCUT2D eigenvalue weighted by Crippen LogP contribution is 2.25. The second-order valence-corrected chi connectivity index (χ2v) is 6.64.